The highest BCUT2D eigenvalue weighted by atomic mass is 32.1. The Balaban J connectivity index is 1.69. The lowest BCUT2D eigenvalue weighted by molar-refractivity contribution is -0.0384. The number of aryl methyl sites for hydroxylation is 2. The molecule has 1 saturated heterocycles. The van der Waals surface area contributed by atoms with Gasteiger partial charge in [0, 0.05) is 37.9 Å². The lowest BCUT2D eigenvalue weighted by Crippen LogP contribution is -2.38. The van der Waals surface area contributed by atoms with E-state index in [0.29, 0.717) is 0 Å². The zero-order chi connectivity index (χ0) is 13.2. The van der Waals surface area contributed by atoms with Crippen molar-refractivity contribution in [1.29, 1.82) is 0 Å². The fourth-order valence-corrected chi connectivity index (χ4v) is 3.12. The Labute approximate surface area is 116 Å². The zero-order valence-corrected chi connectivity index (χ0v) is 12.1. The molecule has 0 bridgehead atoms. The molecule has 0 saturated carbocycles. The Morgan fingerprint density at radius 3 is 3.11 bits per heavy atom. The molecular weight excluding hydrogens is 260 g/mol. The van der Waals surface area contributed by atoms with Gasteiger partial charge in [0.2, 0.25) is 0 Å². The average molecular weight is 278 g/mol. The summed E-state index contributed by atoms with van der Waals surface area (Å²) in [7, 11) is 2.03. The summed E-state index contributed by atoms with van der Waals surface area (Å²) >= 11 is 1.71. The van der Waals surface area contributed by atoms with E-state index in [-0.39, 0.29) is 6.10 Å². The molecule has 1 aliphatic heterocycles. The van der Waals surface area contributed by atoms with E-state index in [4.69, 9.17) is 4.74 Å². The standard InChI is InChI=1S/C13H18N4OS/c1-10-7-16(2)13(15-10)11-8-17(4-5-18-11)9-12-14-3-6-19-12/h3,6-7,11H,4-5,8-9H2,1-2H3/t11-/m0/s1. The third kappa shape index (κ3) is 2.86. The Hall–Kier alpha value is -1.24. The van der Waals surface area contributed by atoms with Crippen LogP contribution in [0.1, 0.15) is 22.6 Å². The van der Waals surface area contributed by atoms with E-state index >= 15 is 0 Å². The van der Waals surface area contributed by atoms with Crippen molar-refractivity contribution < 1.29 is 4.74 Å². The van der Waals surface area contributed by atoms with Crippen molar-refractivity contribution in [2.24, 2.45) is 7.05 Å². The molecule has 2 aromatic rings. The summed E-state index contributed by atoms with van der Waals surface area (Å²) in [6, 6.07) is 0. The van der Waals surface area contributed by atoms with Gasteiger partial charge in [-0.3, -0.25) is 4.90 Å². The molecule has 5 nitrogen and oxygen atoms in total. The van der Waals surface area contributed by atoms with Crippen molar-refractivity contribution >= 4 is 11.3 Å². The van der Waals surface area contributed by atoms with Crippen LogP contribution in [0.4, 0.5) is 0 Å². The molecule has 6 heteroatoms. The number of morpholine rings is 1. The largest absolute Gasteiger partial charge is 0.368 e. The number of thiazole rings is 1. The number of rotatable bonds is 3. The molecule has 3 rings (SSSR count). The van der Waals surface area contributed by atoms with Crippen LogP contribution in [0.2, 0.25) is 0 Å². The SMILES string of the molecule is Cc1cn(C)c([C@@H]2CN(Cc3nccs3)CCO2)n1. The van der Waals surface area contributed by atoms with Gasteiger partial charge in [0.25, 0.3) is 0 Å². The average Bonchev–Trinajstić information content (AvgIpc) is 2.99. The van der Waals surface area contributed by atoms with Crippen LogP contribution in [0.3, 0.4) is 0 Å². The maximum atomic E-state index is 5.87. The van der Waals surface area contributed by atoms with E-state index in [1.807, 2.05) is 31.7 Å². The van der Waals surface area contributed by atoms with Crippen molar-refractivity contribution in [1.82, 2.24) is 19.4 Å². The maximum absolute atomic E-state index is 5.87. The van der Waals surface area contributed by atoms with Gasteiger partial charge in [-0.1, -0.05) is 0 Å². The van der Waals surface area contributed by atoms with Crippen molar-refractivity contribution in [3.63, 3.8) is 0 Å². The van der Waals surface area contributed by atoms with Crippen molar-refractivity contribution in [2.45, 2.75) is 19.6 Å². The van der Waals surface area contributed by atoms with Crippen LogP contribution >= 0.6 is 11.3 Å². The molecule has 0 N–H and O–H groups in total. The second-order valence-corrected chi connectivity index (χ2v) is 5.85. The molecule has 19 heavy (non-hydrogen) atoms. The van der Waals surface area contributed by atoms with Gasteiger partial charge in [-0.15, -0.1) is 11.3 Å². The molecule has 2 aromatic heterocycles. The van der Waals surface area contributed by atoms with Crippen LogP contribution in [-0.4, -0.2) is 39.1 Å². The molecule has 102 valence electrons. The molecule has 1 aliphatic rings. The van der Waals surface area contributed by atoms with E-state index in [9.17, 15) is 0 Å². The molecule has 0 spiro atoms. The molecule has 1 fully saturated rings. The lowest BCUT2D eigenvalue weighted by atomic mass is 10.2. The molecule has 0 radical (unpaired) electrons. The lowest BCUT2D eigenvalue weighted by Gasteiger charge is -2.31. The van der Waals surface area contributed by atoms with Gasteiger partial charge in [0.15, 0.2) is 0 Å². The van der Waals surface area contributed by atoms with E-state index in [1.165, 1.54) is 0 Å². The third-order valence-corrected chi connectivity index (χ3v) is 4.08. The van der Waals surface area contributed by atoms with Crippen molar-refractivity contribution in [2.75, 3.05) is 19.7 Å². The van der Waals surface area contributed by atoms with Gasteiger partial charge >= 0.3 is 0 Å². The first kappa shape index (κ1) is 12.8. The second kappa shape index (κ2) is 5.40. The minimum Gasteiger partial charge on any atom is -0.368 e. The van der Waals surface area contributed by atoms with Gasteiger partial charge in [0.05, 0.1) is 18.8 Å². The van der Waals surface area contributed by atoms with Gasteiger partial charge in [-0.25, -0.2) is 9.97 Å². The predicted octanol–water partition coefficient (Wildman–Crippen LogP) is 1.76. The summed E-state index contributed by atoms with van der Waals surface area (Å²) in [5.41, 5.74) is 1.04. The summed E-state index contributed by atoms with van der Waals surface area (Å²) in [5.74, 6) is 1.02. The summed E-state index contributed by atoms with van der Waals surface area (Å²) in [5, 5.41) is 3.19. The topological polar surface area (TPSA) is 43.2 Å². The number of hydrogen-bond donors (Lipinski definition) is 0. The maximum Gasteiger partial charge on any atom is 0.139 e. The number of imidazole rings is 1. The van der Waals surface area contributed by atoms with Crippen LogP contribution < -0.4 is 0 Å². The van der Waals surface area contributed by atoms with Crippen LogP contribution in [-0.2, 0) is 18.3 Å². The molecule has 3 heterocycles. The molecule has 0 unspecified atom stereocenters. The zero-order valence-electron chi connectivity index (χ0n) is 11.2. The molecule has 0 aromatic carbocycles. The third-order valence-electron chi connectivity index (χ3n) is 3.31. The second-order valence-electron chi connectivity index (χ2n) is 4.87. The molecule has 0 amide bonds. The number of nitrogens with zero attached hydrogens (tertiary/aromatic N) is 4. The number of ether oxygens (including phenoxy) is 1. The quantitative estimate of drug-likeness (QED) is 0.858. The molecular formula is C13H18N4OS. The summed E-state index contributed by atoms with van der Waals surface area (Å²) in [6.45, 7) is 5.51. The van der Waals surface area contributed by atoms with Crippen LogP contribution in [0.25, 0.3) is 0 Å². The summed E-state index contributed by atoms with van der Waals surface area (Å²) in [6.07, 6.45) is 3.96. The van der Waals surface area contributed by atoms with E-state index in [2.05, 4.69) is 19.4 Å². The normalized spacial score (nSPS) is 20.8. The fraction of sp³-hybridized carbons (Fsp3) is 0.538. The highest BCUT2D eigenvalue weighted by Gasteiger charge is 2.25. The van der Waals surface area contributed by atoms with Crippen molar-refractivity contribution in [3.8, 4) is 0 Å². The smallest absolute Gasteiger partial charge is 0.139 e. The van der Waals surface area contributed by atoms with Crippen LogP contribution in [0.5, 0.6) is 0 Å². The summed E-state index contributed by atoms with van der Waals surface area (Å²) < 4.78 is 7.93. The highest BCUT2D eigenvalue weighted by molar-refractivity contribution is 7.09. The number of hydrogen-bond acceptors (Lipinski definition) is 5. The Bertz CT molecular complexity index is 537. The van der Waals surface area contributed by atoms with Gasteiger partial charge < -0.3 is 9.30 Å². The number of aromatic nitrogens is 3. The first-order valence-electron chi connectivity index (χ1n) is 6.44. The predicted molar refractivity (Wildman–Crippen MR) is 74.0 cm³/mol. The van der Waals surface area contributed by atoms with E-state index < -0.39 is 0 Å². The first-order chi connectivity index (χ1) is 9.22. The Morgan fingerprint density at radius 1 is 1.53 bits per heavy atom. The monoisotopic (exact) mass is 278 g/mol. The minimum absolute atomic E-state index is 0.0624. The van der Waals surface area contributed by atoms with Crippen LogP contribution in [0, 0.1) is 6.92 Å². The van der Waals surface area contributed by atoms with Gasteiger partial charge in [0.1, 0.15) is 16.9 Å². The van der Waals surface area contributed by atoms with Crippen molar-refractivity contribution in [3.05, 3.63) is 34.3 Å². The van der Waals surface area contributed by atoms with Crippen LogP contribution in [0.15, 0.2) is 17.8 Å². The minimum atomic E-state index is 0.0624. The van der Waals surface area contributed by atoms with E-state index in [0.717, 1.165) is 42.8 Å². The first-order valence-corrected chi connectivity index (χ1v) is 7.32. The Morgan fingerprint density at radius 2 is 2.42 bits per heavy atom. The Kier molecular flexibility index (Phi) is 3.63. The van der Waals surface area contributed by atoms with Gasteiger partial charge in [-0.05, 0) is 6.92 Å². The summed E-state index contributed by atoms with van der Waals surface area (Å²) in [4.78, 5) is 11.3. The fourth-order valence-electron chi connectivity index (χ4n) is 2.46. The highest BCUT2D eigenvalue weighted by Crippen LogP contribution is 2.22. The van der Waals surface area contributed by atoms with E-state index in [1.54, 1.807) is 11.3 Å². The molecule has 0 aliphatic carbocycles. The van der Waals surface area contributed by atoms with Gasteiger partial charge in [-0.2, -0.15) is 0 Å². The molecule has 1 atom stereocenters.